The van der Waals surface area contributed by atoms with Crippen LogP contribution in [0.2, 0.25) is 0 Å². The van der Waals surface area contributed by atoms with Crippen LogP contribution in [0.4, 0.5) is 0 Å². The Labute approximate surface area is 122 Å². The van der Waals surface area contributed by atoms with E-state index in [0.29, 0.717) is 5.56 Å². The van der Waals surface area contributed by atoms with E-state index in [0.717, 1.165) is 0 Å². The van der Waals surface area contributed by atoms with Gasteiger partial charge in [0.1, 0.15) is 11.3 Å². The zero-order valence-electron chi connectivity index (χ0n) is 11.7. The molecule has 21 heavy (non-hydrogen) atoms. The van der Waals surface area contributed by atoms with E-state index in [1.165, 1.54) is 0 Å². The molecule has 0 aliphatic heterocycles. The normalized spacial score (nSPS) is 18.5. The van der Waals surface area contributed by atoms with Crippen molar-refractivity contribution in [3.05, 3.63) is 47.2 Å². The summed E-state index contributed by atoms with van der Waals surface area (Å²) in [6.45, 7) is 1.88. The number of ketones is 2. The Morgan fingerprint density at radius 3 is 2.48 bits per heavy atom. The second-order valence-corrected chi connectivity index (χ2v) is 4.80. The smallest absolute Gasteiger partial charge is 0.309 e. The van der Waals surface area contributed by atoms with E-state index >= 15 is 0 Å². The molecule has 0 fully saturated rings. The Kier molecular flexibility index (Phi) is 4.52. The fourth-order valence-electron chi connectivity index (χ4n) is 2.31. The van der Waals surface area contributed by atoms with Crippen molar-refractivity contribution in [1.82, 2.24) is 0 Å². The van der Waals surface area contributed by atoms with Crippen LogP contribution in [0.25, 0.3) is 0 Å². The maximum Gasteiger partial charge on any atom is 0.309 e. The van der Waals surface area contributed by atoms with E-state index in [2.05, 4.69) is 0 Å². The summed E-state index contributed by atoms with van der Waals surface area (Å²) in [6, 6.07) is 8.27. The fourth-order valence-corrected chi connectivity index (χ4v) is 2.31. The van der Waals surface area contributed by atoms with Gasteiger partial charge in [0.15, 0.2) is 11.6 Å². The largest absolute Gasteiger partial charge is 0.511 e. The number of hydrogen-bond acceptors (Lipinski definition) is 5. The van der Waals surface area contributed by atoms with Gasteiger partial charge in [-0.2, -0.15) is 0 Å². The van der Waals surface area contributed by atoms with Crippen LogP contribution in [0.5, 0.6) is 0 Å². The average molecular weight is 288 g/mol. The van der Waals surface area contributed by atoms with Crippen LogP contribution in [0.15, 0.2) is 41.7 Å². The number of ether oxygens (including phenoxy) is 1. The molecule has 0 aromatic heterocycles. The van der Waals surface area contributed by atoms with E-state index < -0.39 is 23.5 Å². The Bertz CT molecular complexity index is 600. The first-order chi connectivity index (χ1) is 10.0. The summed E-state index contributed by atoms with van der Waals surface area (Å²) < 4.78 is 4.85. The van der Waals surface area contributed by atoms with Gasteiger partial charge in [-0.25, -0.2) is 0 Å². The van der Waals surface area contributed by atoms with Crippen LogP contribution in [-0.4, -0.2) is 29.2 Å². The number of aliphatic hydroxyl groups excluding tert-OH is 1. The predicted molar refractivity (Wildman–Crippen MR) is 74.8 cm³/mol. The van der Waals surface area contributed by atoms with Crippen molar-refractivity contribution in [1.29, 1.82) is 0 Å². The van der Waals surface area contributed by atoms with Crippen molar-refractivity contribution in [3.8, 4) is 0 Å². The lowest BCUT2D eigenvalue weighted by Gasteiger charge is -2.21. The van der Waals surface area contributed by atoms with Crippen LogP contribution in [-0.2, 0) is 14.3 Å². The van der Waals surface area contributed by atoms with Gasteiger partial charge < -0.3 is 9.84 Å². The fraction of sp³-hybridized carbons (Fsp3) is 0.312. The van der Waals surface area contributed by atoms with Gasteiger partial charge in [-0.1, -0.05) is 30.3 Å². The van der Waals surface area contributed by atoms with Crippen LogP contribution in [0.1, 0.15) is 30.1 Å². The van der Waals surface area contributed by atoms with Gasteiger partial charge in [-0.3, -0.25) is 14.4 Å². The SMILES string of the molecule is CCOC(=O)C1CC(=O)C(C(=O)c2ccccc2)=C(O)C1. The summed E-state index contributed by atoms with van der Waals surface area (Å²) >= 11 is 0. The van der Waals surface area contributed by atoms with E-state index in [1.54, 1.807) is 37.3 Å². The molecule has 1 aromatic rings. The van der Waals surface area contributed by atoms with Crippen LogP contribution in [0.3, 0.4) is 0 Å². The first kappa shape index (κ1) is 15.0. The summed E-state index contributed by atoms with van der Waals surface area (Å²) in [5.74, 6) is -2.61. The molecular formula is C16H16O5. The molecule has 2 rings (SSSR count). The third-order valence-corrected chi connectivity index (χ3v) is 3.32. The first-order valence-corrected chi connectivity index (χ1v) is 6.76. The number of benzene rings is 1. The zero-order chi connectivity index (χ0) is 15.4. The number of carbonyl (C=O) groups is 3. The van der Waals surface area contributed by atoms with Gasteiger partial charge in [0.2, 0.25) is 0 Å². The van der Waals surface area contributed by atoms with Crippen molar-refractivity contribution in [2.45, 2.75) is 19.8 Å². The maximum absolute atomic E-state index is 12.3. The molecule has 0 saturated carbocycles. The molecular weight excluding hydrogens is 272 g/mol. The number of hydrogen-bond donors (Lipinski definition) is 1. The standard InChI is InChI=1S/C16H16O5/c1-2-21-16(20)11-8-12(17)14(13(18)9-11)15(19)10-6-4-3-5-7-10/h3-7,11,17H,2,8-9H2,1H3. The summed E-state index contributed by atoms with van der Waals surface area (Å²) in [5, 5.41) is 9.99. The molecule has 1 aromatic carbocycles. The Morgan fingerprint density at radius 2 is 1.90 bits per heavy atom. The van der Waals surface area contributed by atoms with Gasteiger partial charge in [0.25, 0.3) is 0 Å². The molecule has 5 heteroatoms. The van der Waals surface area contributed by atoms with Crippen molar-refractivity contribution < 1.29 is 24.2 Å². The van der Waals surface area contributed by atoms with Crippen LogP contribution >= 0.6 is 0 Å². The Morgan fingerprint density at radius 1 is 1.24 bits per heavy atom. The Balaban J connectivity index is 2.25. The lowest BCUT2D eigenvalue weighted by atomic mass is 9.84. The molecule has 110 valence electrons. The third-order valence-electron chi connectivity index (χ3n) is 3.32. The molecule has 0 spiro atoms. The molecule has 0 heterocycles. The van der Waals surface area contributed by atoms with Crippen molar-refractivity contribution >= 4 is 17.5 Å². The van der Waals surface area contributed by atoms with Crippen LogP contribution in [0, 0.1) is 5.92 Å². The second kappa shape index (κ2) is 6.35. The first-order valence-electron chi connectivity index (χ1n) is 6.76. The molecule has 0 radical (unpaired) electrons. The monoisotopic (exact) mass is 288 g/mol. The van der Waals surface area contributed by atoms with E-state index in [-0.39, 0.29) is 30.8 Å². The summed E-state index contributed by atoms with van der Waals surface area (Å²) in [5.41, 5.74) is 0.115. The van der Waals surface area contributed by atoms with Crippen molar-refractivity contribution in [3.63, 3.8) is 0 Å². The zero-order valence-corrected chi connectivity index (χ0v) is 11.7. The highest BCUT2D eigenvalue weighted by molar-refractivity contribution is 6.27. The van der Waals surface area contributed by atoms with E-state index in [4.69, 9.17) is 4.74 Å². The molecule has 5 nitrogen and oxygen atoms in total. The minimum absolute atomic E-state index is 0.0432. The van der Waals surface area contributed by atoms with E-state index in [1.807, 2.05) is 0 Å². The Hall–Kier alpha value is -2.43. The average Bonchev–Trinajstić information content (AvgIpc) is 2.47. The summed E-state index contributed by atoms with van der Waals surface area (Å²) in [7, 11) is 0. The number of carbonyl (C=O) groups excluding carboxylic acids is 3. The molecule has 1 unspecified atom stereocenters. The highest BCUT2D eigenvalue weighted by atomic mass is 16.5. The lowest BCUT2D eigenvalue weighted by Crippen LogP contribution is -2.29. The minimum Gasteiger partial charge on any atom is -0.511 e. The molecule has 1 aliphatic rings. The van der Waals surface area contributed by atoms with Gasteiger partial charge in [0.05, 0.1) is 12.5 Å². The summed E-state index contributed by atoms with van der Waals surface area (Å²) in [4.78, 5) is 36.0. The van der Waals surface area contributed by atoms with Crippen molar-refractivity contribution in [2.75, 3.05) is 6.61 Å². The number of Topliss-reactive ketones (excluding diaryl/α,β-unsaturated/α-hetero) is 2. The quantitative estimate of drug-likeness (QED) is 0.522. The highest BCUT2D eigenvalue weighted by Crippen LogP contribution is 2.28. The maximum atomic E-state index is 12.3. The van der Waals surface area contributed by atoms with E-state index in [9.17, 15) is 19.5 Å². The predicted octanol–water partition coefficient (Wildman–Crippen LogP) is 2.22. The topological polar surface area (TPSA) is 80.7 Å². The molecule has 0 saturated heterocycles. The summed E-state index contributed by atoms with van der Waals surface area (Å²) in [6.07, 6.45) is -0.157. The van der Waals surface area contributed by atoms with Gasteiger partial charge in [0, 0.05) is 18.4 Å². The van der Waals surface area contributed by atoms with Crippen LogP contribution < -0.4 is 0 Å². The highest BCUT2D eigenvalue weighted by Gasteiger charge is 2.36. The second-order valence-electron chi connectivity index (χ2n) is 4.80. The molecule has 0 bridgehead atoms. The number of rotatable bonds is 4. The van der Waals surface area contributed by atoms with Gasteiger partial charge >= 0.3 is 5.97 Å². The molecule has 1 atom stereocenters. The van der Waals surface area contributed by atoms with Gasteiger partial charge in [-0.05, 0) is 6.92 Å². The molecule has 0 amide bonds. The molecule has 1 aliphatic carbocycles. The molecule has 1 N–H and O–H groups in total. The van der Waals surface area contributed by atoms with Gasteiger partial charge in [-0.15, -0.1) is 0 Å². The third kappa shape index (κ3) is 3.18. The number of allylic oxidation sites excluding steroid dienone is 2. The number of aliphatic hydroxyl groups is 1. The minimum atomic E-state index is -0.718. The lowest BCUT2D eigenvalue weighted by molar-refractivity contribution is -0.150. The van der Waals surface area contributed by atoms with Crippen molar-refractivity contribution in [2.24, 2.45) is 5.92 Å². The number of esters is 1.